The van der Waals surface area contributed by atoms with Crippen LogP contribution in [0.2, 0.25) is 5.02 Å². The Balaban J connectivity index is 1.34. The largest absolute Gasteiger partial charge is 0.490 e. The van der Waals surface area contributed by atoms with Crippen molar-refractivity contribution in [1.29, 1.82) is 0 Å². The van der Waals surface area contributed by atoms with E-state index in [1.165, 1.54) is 24.6 Å². The van der Waals surface area contributed by atoms with Crippen molar-refractivity contribution in [2.75, 3.05) is 5.75 Å². The summed E-state index contributed by atoms with van der Waals surface area (Å²) in [5.74, 6) is 1.92. The van der Waals surface area contributed by atoms with Crippen molar-refractivity contribution >= 4 is 29.3 Å². The van der Waals surface area contributed by atoms with Gasteiger partial charge in [-0.05, 0) is 74.6 Å². The third-order valence-corrected chi connectivity index (χ3v) is 6.70. The van der Waals surface area contributed by atoms with Gasteiger partial charge in [0.2, 0.25) is 5.91 Å². The van der Waals surface area contributed by atoms with Gasteiger partial charge in [-0.15, -0.1) is 10.2 Å². The number of rotatable bonds is 9. The van der Waals surface area contributed by atoms with Crippen LogP contribution in [0.5, 0.6) is 5.75 Å². The molecule has 0 radical (unpaired) electrons. The average Bonchev–Trinajstić information content (AvgIpc) is 3.47. The van der Waals surface area contributed by atoms with Crippen LogP contribution in [0.4, 0.5) is 0 Å². The van der Waals surface area contributed by atoms with E-state index >= 15 is 0 Å². The summed E-state index contributed by atoms with van der Waals surface area (Å²) >= 11 is 7.29. The topological polar surface area (TPSA) is 69.0 Å². The van der Waals surface area contributed by atoms with Crippen LogP contribution in [0.15, 0.2) is 53.7 Å². The molecule has 2 aromatic carbocycles. The van der Waals surface area contributed by atoms with Crippen molar-refractivity contribution in [3.05, 3.63) is 59.1 Å². The molecule has 1 N–H and O–H groups in total. The van der Waals surface area contributed by atoms with E-state index in [1.807, 2.05) is 53.1 Å². The van der Waals surface area contributed by atoms with Crippen molar-refractivity contribution in [3.8, 4) is 17.1 Å². The monoisotopic (exact) mass is 470 g/mol. The van der Waals surface area contributed by atoms with Crippen molar-refractivity contribution in [1.82, 2.24) is 20.1 Å². The van der Waals surface area contributed by atoms with Crippen LogP contribution < -0.4 is 10.1 Å². The van der Waals surface area contributed by atoms with E-state index in [4.69, 9.17) is 16.3 Å². The first-order valence-corrected chi connectivity index (χ1v) is 12.3. The van der Waals surface area contributed by atoms with Gasteiger partial charge in [0.1, 0.15) is 5.75 Å². The van der Waals surface area contributed by atoms with E-state index in [9.17, 15) is 4.79 Å². The molecule has 1 heterocycles. The summed E-state index contributed by atoms with van der Waals surface area (Å²) < 4.78 is 8.09. The molecule has 0 unspecified atom stereocenters. The molecule has 0 aliphatic heterocycles. The normalized spacial score (nSPS) is 13.9. The molecule has 32 heavy (non-hydrogen) atoms. The predicted octanol–water partition coefficient (Wildman–Crippen LogP) is 5.35. The van der Waals surface area contributed by atoms with Gasteiger partial charge >= 0.3 is 0 Å². The van der Waals surface area contributed by atoms with E-state index in [2.05, 4.69) is 22.4 Å². The zero-order chi connectivity index (χ0) is 22.3. The minimum atomic E-state index is -0.0504. The lowest BCUT2D eigenvalue weighted by molar-refractivity contribution is -0.118. The Labute approximate surface area is 197 Å². The lowest BCUT2D eigenvalue weighted by atomic mass is 10.2. The Bertz CT molecular complexity index is 1030. The lowest BCUT2D eigenvalue weighted by Gasteiger charge is -2.13. The molecule has 1 aromatic heterocycles. The predicted molar refractivity (Wildman–Crippen MR) is 128 cm³/mol. The van der Waals surface area contributed by atoms with E-state index < -0.39 is 0 Å². The lowest BCUT2D eigenvalue weighted by Crippen LogP contribution is -2.24. The molecule has 1 amide bonds. The number of ether oxygens (including phenoxy) is 1. The van der Waals surface area contributed by atoms with Gasteiger partial charge in [0.05, 0.1) is 11.9 Å². The number of halogens is 1. The number of thioether (sulfide) groups is 1. The summed E-state index contributed by atoms with van der Waals surface area (Å²) in [4.78, 5) is 12.3. The van der Waals surface area contributed by atoms with Gasteiger partial charge in [-0.1, -0.05) is 35.5 Å². The van der Waals surface area contributed by atoms with E-state index in [0.717, 1.165) is 47.2 Å². The number of amides is 1. The highest BCUT2D eigenvalue weighted by molar-refractivity contribution is 7.99. The van der Waals surface area contributed by atoms with Gasteiger partial charge < -0.3 is 14.6 Å². The molecular formula is C24H27ClN4O2S. The van der Waals surface area contributed by atoms with Crippen molar-refractivity contribution < 1.29 is 9.53 Å². The van der Waals surface area contributed by atoms with Crippen LogP contribution in [0.25, 0.3) is 11.4 Å². The molecule has 0 saturated heterocycles. The minimum absolute atomic E-state index is 0.0504. The van der Waals surface area contributed by atoms with Gasteiger partial charge in [-0.25, -0.2) is 0 Å². The van der Waals surface area contributed by atoms with Crippen LogP contribution >= 0.6 is 23.4 Å². The van der Waals surface area contributed by atoms with Crippen LogP contribution in [-0.2, 0) is 17.9 Å². The zero-order valence-corrected chi connectivity index (χ0v) is 19.7. The van der Waals surface area contributed by atoms with Gasteiger partial charge in [0, 0.05) is 23.7 Å². The second-order valence-electron chi connectivity index (χ2n) is 7.79. The number of hydrogen-bond donors (Lipinski definition) is 1. The number of aromatic nitrogens is 3. The summed E-state index contributed by atoms with van der Waals surface area (Å²) in [6, 6.07) is 15.5. The number of hydrogen-bond acceptors (Lipinski definition) is 5. The average molecular weight is 471 g/mol. The highest BCUT2D eigenvalue weighted by Gasteiger charge is 2.17. The Hall–Kier alpha value is -2.51. The van der Waals surface area contributed by atoms with Gasteiger partial charge in [-0.3, -0.25) is 4.79 Å². The molecule has 8 heteroatoms. The quantitative estimate of drug-likeness (QED) is 0.427. The van der Waals surface area contributed by atoms with E-state index in [0.29, 0.717) is 17.7 Å². The molecule has 1 fully saturated rings. The molecule has 0 spiro atoms. The SMILES string of the molecule is CCn1c(SCC(=O)NCc2ccc(Cl)cc2)nnc1-c1ccc(OC2CCCC2)cc1. The Morgan fingerprint density at radius 2 is 1.84 bits per heavy atom. The first-order chi connectivity index (χ1) is 15.6. The van der Waals surface area contributed by atoms with Crippen molar-refractivity contribution in [3.63, 3.8) is 0 Å². The summed E-state index contributed by atoms with van der Waals surface area (Å²) in [6.07, 6.45) is 5.12. The molecule has 3 aromatic rings. The highest BCUT2D eigenvalue weighted by atomic mass is 35.5. The zero-order valence-electron chi connectivity index (χ0n) is 18.1. The Kier molecular flexibility index (Phi) is 7.71. The number of nitrogens with one attached hydrogen (secondary N) is 1. The molecule has 1 aliphatic carbocycles. The van der Waals surface area contributed by atoms with Gasteiger partial charge in [-0.2, -0.15) is 0 Å². The number of benzene rings is 2. The summed E-state index contributed by atoms with van der Waals surface area (Å²) in [7, 11) is 0. The molecule has 0 bridgehead atoms. The van der Waals surface area contributed by atoms with E-state index in [1.54, 1.807) is 0 Å². The maximum absolute atomic E-state index is 12.3. The van der Waals surface area contributed by atoms with Crippen LogP contribution in [0.3, 0.4) is 0 Å². The second-order valence-corrected chi connectivity index (χ2v) is 9.17. The molecule has 4 rings (SSSR count). The Morgan fingerprint density at radius 1 is 1.12 bits per heavy atom. The van der Waals surface area contributed by atoms with Crippen molar-refractivity contribution in [2.24, 2.45) is 0 Å². The fourth-order valence-corrected chi connectivity index (χ4v) is 4.72. The summed E-state index contributed by atoms with van der Waals surface area (Å²) in [5, 5.41) is 13.0. The van der Waals surface area contributed by atoms with E-state index in [-0.39, 0.29) is 11.7 Å². The summed E-state index contributed by atoms with van der Waals surface area (Å²) in [5.41, 5.74) is 1.99. The third-order valence-electron chi connectivity index (χ3n) is 5.49. The van der Waals surface area contributed by atoms with Crippen molar-refractivity contribution in [2.45, 2.75) is 57.0 Å². The van der Waals surface area contributed by atoms with Crippen LogP contribution in [0.1, 0.15) is 38.2 Å². The number of carbonyl (C=O) groups excluding carboxylic acids is 1. The Morgan fingerprint density at radius 3 is 2.53 bits per heavy atom. The highest BCUT2D eigenvalue weighted by Crippen LogP contribution is 2.28. The first kappa shape index (κ1) is 22.7. The smallest absolute Gasteiger partial charge is 0.230 e. The molecule has 1 aliphatic rings. The van der Waals surface area contributed by atoms with Crippen LogP contribution in [-0.4, -0.2) is 32.5 Å². The maximum Gasteiger partial charge on any atom is 0.230 e. The number of nitrogens with zero attached hydrogens (tertiary/aromatic N) is 3. The molecular weight excluding hydrogens is 444 g/mol. The fraction of sp³-hybridized carbons (Fsp3) is 0.375. The van der Waals surface area contributed by atoms with Crippen LogP contribution in [0, 0.1) is 0 Å². The molecule has 6 nitrogen and oxygen atoms in total. The first-order valence-electron chi connectivity index (χ1n) is 11.0. The van der Waals surface area contributed by atoms with Gasteiger partial charge in [0.15, 0.2) is 11.0 Å². The maximum atomic E-state index is 12.3. The standard InChI is InChI=1S/C24H27ClN4O2S/c1-2-29-23(18-9-13-21(14-10-18)31-20-5-3-4-6-20)27-28-24(29)32-16-22(30)26-15-17-7-11-19(25)12-8-17/h7-14,20H,2-6,15-16H2,1H3,(H,26,30). The second kappa shape index (κ2) is 10.9. The van der Waals surface area contributed by atoms with Gasteiger partial charge in [0.25, 0.3) is 0 Å². The molecule has 168 valence electrons. The minimum Gasteiger partial charge on any atom is -0.490 e. The number of carbonyl (C=O) groups is 1. The summed E-state index contributed by atoms with van der Waals surface area (Å²) in [6.45, 7) is 3.24. The third kappa shape index (κ3) is 5.84. The molecule has 1 saturated carbocycles. The fourth-order valence-electron chi connectivity index (χ4n) is 3.76. The molecule has 0 atom stereocenters.